The highest BCUT2D eigenvalue weighted by molar-refractivity contribution is 5.73. The molecule has 1 saturated heterocycles. The van der Waals surface area contributed by atoms with Crippen molar-refractivity contribution < 1.29 is 14.2 Å². The molecule has 1 fully saturated rings. The van der Waals surface area contributed by atoms with Crippen LogP contribution in [0.5, 0.6) is 0 Å². The maximum atomic E-state index is 14.3. The van der Waals surface area contributed by atoms with Crippen LogP contribution in [0.1, 0.15) is 24.4 Å². The molecule has 0 spiro atoms. The minimum atomic E-state index is -1.52. The number of imidazole rings is 1. The summed E-state index contributed by atoms with van der Waals surface area (Å²) < 4.78 is 21.4. The van der Waals surface area contributed by atoms with Gasteiger partial charge in [-0.05, 0) is 25.3 Å². The predicted molar refractivity (Wildman–Crippen MR) is 89.7 cm³/mol. The van der Waals surface area contributed by atoms with Crippen LogP contribution in [0.4, 0.5) is 4.39 Å². The summed E-state index contributed by atoms with van der Waals surface area (Å²) in [6.45, 7) is 1.65. The molecule has 7 heteroatoms. The van der Waals surface area contributed by atoms with Crippen LogP contribution in [-0.4, -0.2) is 43.0 Å². The van der Waals surface area contributed by atoms with Crippen molar-refractivity contribution in [1.82, 2.24) is 19.5 Å². The molecule has 4 atom stereocenters. The molecule has 1 aromatic carbocycles. The number of ether oxygens (including phenoxy) is 1. The number of nitrogens with zero attached hydrogens (tertiary/aromatic N) is 4. The maximum Gasteiger partial charge on any atom is 0.173 e. The van der Waals surface area contributed by atoms with E-state index in [-0.39, 0.29) is 0 Å². The summed E-state index contributed by atoms with van der Waals surface area (Å²) in [7, 11) is 0. The highest BCUT2D eigenvalue weighted by Gasteiger charge is 2.43. The first kappa shape index (κ1) is 16.1. The molecule has 0 bridgehead atoms. The molecule has 1 aliphatic heterocycles. The van der Waals surface area contributed by atoms with Crippen LogP contribution in [0.25, 0.3) is 11.2 Å². The molecule has 3 aromatic rings. The van der Waals surface area contributed by atoms with E-state index in [1.165, 1.54) is 18.2 Å². The first-order valence-corrected chi connectivity index (χ1v) is 8.33. The number of hydrogen-bond acceptors (Lipinski definition) is 5. The van der Waals surface area contributed by atoms with Crippen LogP contribution in [0.2, 0.25) is 0 Å². The fourth-order valence-electron chi connectivity index (χ4n) is 3.20. The molecule has 3 heterocycles. The van der Waals surface area contributed by atoms with Crippen LogP contribution in [-0.2, 0) is 17.6 Å². The molecule has 1 N–H and O–H groups in total. The zero-order chi connectivity index (χ0) is 17.4. The first-order chi connectivity index (χ1) is 12.1. The van der Waals surface area contributed by atoms with Gasteiger partial charge < -0.3 is 9.84 Å². The average molecular weight is 342 g/mol. The molecule has 6 nitrogen and oxygen atoms in total. The van der Waals surface area contributed by atoms with Crippen molar-refractivity contribution in [1.29, 1.82) is 0 Å². The minimum Gasteiger partial charge on any atom is -0.387 e. The second-order valence-corrected chi connectivity index (χ2v) is 6.30. The number of aliphatic hydroxyl groups excluding tert-OH is 1. The van der Waals surface area contributed by atoms with E-state index in [0.29, 0.717) is 17.6 Å². The Balaban J connectivity index is 1.62. The zero-order valence-corrected chi connectivity index (χ0v) is 13.8. The largest absolute Gasteiger partial charge is 0.387 e. The van der Waals surface area contributed by atoms with Crippen molar-refractivity contribution in [2.75, 3.05) is 0 Å². The Morgan fingerprint density at radius 2 is 1.96 bits per heavy atom. The molecule has 4 rings (SSSR count). The SMILES string of the molecule is C[C@H]1O[C@@H](n2cnc3c(CCc4ccccc4)ncnc32)C(F)[C@H]1O. The first-order valence-electron chi connectivity index (χ1n) is 8.33. The van der Waals surface area contributed by atoms with Gasteiger partial charge in [-0.3, -0.25) is 4.57 Å². The van der Waals surface area contributed by atoms with Crippen molar-refractivity contribution in [3.8, 4) is 0 Å². The molecule has 1 unspecified atom stereocenters. The molecule has 0 radical (unpaired) electrons. The molecular weight excluding hydrogens is 323 g/mol. The minimum absolute atomic E-state index is 0.520. The number of fused-ring (bicyclic) bond motifs is 1. The number of halogens is 1. The van der Waals surface area contributed by atoms with E-state index in [4.69, 9.17) is 4.74 Å². The van der Waals surface area contributed by atoms with Gasteiger partial charge in [0.05, 0.1) is 18.1 Å². The van der Waals surface area contributed by atoms with Crippen LogP contribution < -0.4 is 0 Å². The van der Waals surface area contributed by atoms with Crippen molar-refractivity contribution >= 4 is 11.2 Å². The summed E-state index contributed by atoms with van der Waals surface area (Å²) in [6, 6.07) is 10.1. The number of rotatable bonds is 4. The molecule has 0 amide bonds. The third kappa shape index (κ3) is 2.89. The molecular formula is C18H19FN4O2. The van der Waals surface area contributed by atoms with Crippen LogP contribution in [0, 0.1) is 0 Å². The average Bonchev–Trinajstić information content (AvgIpc) is 3.18. The lowest BCUT2D eigenvalue weighted by Gasteiger charge is -2.14. The van der Waals surface area contributed by atoms with E-state index in [2.05, 4.69) is 27.1 Å². The number of hydrogen-bond donors (Lipinski definition) is 1. The number of aliphatic hydroxyl groups is 1. The van der Waals surface area contributed by atoms with E-state index >= 15 is 0 Å². The van der Waals surface area contributed by atoms with Crippen LogP contribution >= 0.6 is 0 Å². The van der Waals surface area contributed by atoms with Gasteiger partial charge in [-0.15, -0.1) is 0 Å². The standard InChI is InChI=1S/C18H19FN4O2/c1-11-16(24)14(19)18(25-11)23-10-22-15-13(20-9-21-17(15)23)8-7-12-5-3-2-4-6-12/h2-6,9-11,14,16,18,24H,7-8H2,1H3/t11-,14?,16+,18-/m1/s1. The fourth-order valence-corrected chi connectivity index (χ4v) is 3.20. The molecule has 2 aromatic heterocycles. The summed E-state index contributed by atoms with van der Waals surface area (Å²) in [4.78, 5) is 13.0. The Kier molecular flexibility index (Phi) is 4.19. The Hall–Kier alpha value is -2.38. The summed E-state index contributed by atoms with van der Waals surface area (Å²) in [5.74, 6) is 0. The fraction of sp³-hybridized carbons (Fsp3) is 0.389. The van der Waals surface area contributed by atoms with E-state index in [9.17, 15) is 9.50 Å². The molecule has 25 heavy (non-hydrogen) atoms. The Bertz CT molecular complexity index is 870. The summed E-state index contributed by atoms with van der Waals surface area (Å²) >= 11 is 0. The lowest BCUT2D eigenvalue weighted by molar-refractivity contribution is -0.0137. The number of aryl methyl sites for hydroxylation is 2. The topological polar surface area (TPSA) is 73.1 Å². The predicted octanol–water partition coefficient (Wildman–Crippen LogP) is 2.23. The molecule has 0 saturated carbocycles. The third-order valence-corrected chi connectivity index (χ3v) is 4.64. The van der Waals surface area contributed by atoms with Crippen LogP contribution in [0.15, 0.2) is 43.0 Å². The highest BCUT2D eigenvalue weighted by atomic mass is 19.1. The van der Waals surface area contributed by atoms with Gasteiger partial charge in [0.25, 0.3) is 0 Å². The van der Waals surface area contributed by atoms with E-state index < -0.39 is 24.6 Å². The smallest absolute Gasteiger partial charge is 0.173 e. The number of benzene rings is 1. The third-order valence-electron chi connectivity index (χ3n) is 4.64. The zero-order valence-electron chi connectivity index (χ0n) is 13.8. The monoisotopic (exact) mass is 342 g/mol. The maximum absolute atomic E-state index is 14.3. The Morgan fingerprint density at radius 1 is 1.16 bits per heavy atom. The molecule has 130 valence electrons. The lowest BCUT2D eigenvalue weighted by atomic mass is 10.1. The summed E-state index contributed by atoms with van der Waals surface area (Å²) in [6.07, 6.45) is 0.349. The normalized spacial score (nSPS) is 26.4. The van der Waals surface area contributed by atoms with E-state index in [1.54, 1.807) is 11.5 Å². The Labute approximate surface area is 144 Å². The van der Waals surface area contributed by atoms with Gasteiger partial charge >= 0.3 is 0 Å². The number of alkyl halides is 1. The van der Waals surface area contributed by atoms with Crippen molar-refractivity contribution in [3.05, 3.63) is 54.2 Å². The molecule has 0 aliphatic carbocycles. The second-order valence-electron chi connectivity index (χ2n) is 6.30. The van der Waals surface area contributed by atoms with E-state index in [0.717, 1.165) is 12.1 Å². The van der Waals surface area contributed by atoms with Gasteiger partial charge in [0, 0.05) is 0 Å². The van der Waals surface area contributed by atoms with Gasteiger partial charge in [-0.25, -0.2) is 19.3 Å². The van der Waals surface area contributed by atoms with Crippen molar-refractivity contribution in [2.45, 2.75) is 44.4 Å². The van der Waals surface area contributed by atoms with Crippen molar-refractivity contribution in [2.24, 2.45) is 0 Å². The summed E-state index contributed by atoms with van der Waals surface area (Å²) in [5.41, 5.74) is 3.19. The second kappa shape index (κ2) is 6.50. The Morgan fingerprint density at radius 3 is 2.68 bits per heavy atom. The summed E-state index contributed by atoms with van der Waals surface area (Å²) in [5, 5.41) is 9.81. The van der Waals surface area contributed by atoms with E-state index in [1.807, 2.05) is 18.2 Å². The van der Waals surface area contributed by atoms with Gasteiger partial charge in [-0.2, -0.15) is 0 Å². The van der Waals surface area contributed by atoms with Gasteiger partial charge in [0.2, 0.25) is 0 Å². The van der Waals surface area contributed by atoms with Gasteiger partial charge in [0.1, 0.15) is 17.9 Å². The molecule has 1 aliphatic rings. The quantitative estimate of drug-likeness (QED) is 0.787. The highest BCUT2D eigenvalue weighted by Crippen LogP contribution is 2.33. The van der Waals surface area contributed by atoms with Gasteiger partial charge in [-0.1, -0.05) is 30.3 Å². The van der Waals surface area contributed by atoms with Gasteiger partial charge in [0.15, 0.2) is 18.0 Å². The van der Waals surface area contributed by atoms with Crippen LogP contribution in [0.3, 0.4) is 0 Å². The lowest BCUT2D eigenvalue weighted by Crippen LogP contribution is -2.26. The van der Waals surface area contributed by atoms with Crippen molar-refractivity contribution in [3.63, 3.8) is 0 Å². The number of aromatic nitrogens is 4.